The van der Waals surface area contributed by atoms with E-state index in [4.69, 9.17) is 0 Å². The van der Waals surface area contributed by atoms with Crippen LogP contribution in [0.4, 0.5) is 17.1 Å². The Morgan fingerprint density at radius 2 is 0.902 bits per heavy atom. The van der Waals surface area contributed by atoms with Gasteiger partial charge in [0.2, 0.25) is 0 Å². The molecule has 0 saturated heterocycles. The normalized spacial score (nSPS) is 14.3. The van der Waals surface area contributed by atoms with Gasteiger partial charge in [-0.05, 0) is 128 Å². The molecule has 0 N–H and O–H groups in total. The molecule has 10 aromatic carbocycles. The highest BCUT2D eigenvalue weighted by Crippen LogP contribution is 2.58. The number of fused-ring (bicyclic) bond motifs is 7. The van der Waals surface area contributed by atoms with Gasteiger partial charge in [0.25, 0.3) is 0 Å². The number of anilines is 3. The van der Waals surface area contributed by atoms with Crippen LogP contribution in [0.5, 0.6) is 0 Å². The fraction of sp³-hybridized carbons (Fsp3) is 0.0169. The van der Waals surface area contributed by atoms with Gasteiger partial charge < -0.3 is 9.47 Å². The summed E-state index contributed by atoms with van der Waals surface area (Å²) in [5, 5.41) is 4.95. The second kappa shape index (κ2) is 14.1. The zero-order chi connectivity index (χ0) is 40.3. The molecule has 0 spiro atoms. The maximum absolute atomic E-state index is 2.48. The van der Waals surface area contributed by atoms with E-state index in [-0.39, 0.29) is 0 Å². The van der Waals surface area contributed by atoms with Crippen molar-refractivity contribution in [1.82, 2.24) is 4.57 Å². The highest BCUT2D eigenvalue weighted by Gasteiger charge is 2.47. The van der Waals surface area contributed by atoms with Gasteiger partial charge in [0.1, 0.15) is 0 Å². The summed E-state index contributed by atoms with van der Waals surface area (Å²) in [6.07, 6.45) is 0. The van der Waals surface area contributed by atoms with E-state index < -0.39 is 5.41 Å². The fourth-order valence-electron chi connectivity index (χ4n) is 10.2. The Bertz CT molecular complexity index is 3410. The lowest BCUT2D eigenvalue weighted by molar-refractivity contribution is 0.770. The maximum atomic E-state index is 2.48. The van der Waals surface area contributed by atoms with Gasteiger partial charge in [0.05, 0.1) is 16.4 Å². The number of benzene rings is 10. The highest BCUT2D eigenvalue weighted by molar-refractivity contribution is 6.10. The molecule has 12 rings (SSSR count). The van der Waals surface area contributed by atoms with Crippen LogP contribution in [0, 0.1) is 0 Å². The van der Waals surface area contributed by atoms with Gasteiger partial charge in [-0.15, -0.1) is 0 Å². The van der Waals surface area contributed by atoms with E-state index in [2.05, 4.69) is 252 Å². The van der Waals surface area contributed by atoms with Crippen LogP contribution in [0.3, 0.4) is 0 Å². The summed E-state index contributed by atoms with van der Waals surface area (Å²) in [6, 6.07) is 89.3. The fourth-order valence-corrected chi connectivity index (χ4v) is 10.2. The minimum atomic E-state index is -0.608. The van der Waals surface area contributed by atoms with Gasteiger partial charge in [-0.1, -0.05) is 170 Å². The van der Waals surface area contributed by atoms with E-state index in [1.807, 2.05) is 0 Å². The van der Waals surface area contributed by atoms with Crippen molar-refractivity contribution in [3.8, 4) is 27.9 Å². The van der Waals surface area contributed by atoms with Crippen LogP contribution >= 0.6 is 0 Å². The average molecular weight is 777 g/mol. The monoisotopic (exact) mass is 776 g/mol. The molecule has 1 atom stereocenters. The summed E-state index contributed by atoms with van der Waals surface area (Å²) in [6.45, 7) is 0. The van der Waals surface area contributed by atoms with Gasteiger partial charge in [-0.25, -0.2) is 0 Å². The van der Waals surface area contributed by atoms with Crippen molar-refractivity contribution in [1.29, 1.82) is 0 Å². The SMILES string of the molecule is c1ccc(-c2cccc(C3(c4ccccc4)c4cc(N(c5ccccc5)c5ccc6c7ccccc7n(-c7ccccc7)c6c5)ccc4-c4cc5ccccc5cc43)c2)cc1. The average Bonchev–Trinajstić information content (AvgIpc) is 3.81. The van der Waals surface area contributed by atoms with Gasteiger partial charge in [0, 0.05) is 33.5 Å². The standard InChI is InChI=1S/C59H40N2/c1-5-18-41(19-6-1)42-22-17-25-46(36-42)59(45-23-7-2-8-24-45)55-38-44-21-14-13-20-43(44)37-54(55)51-34-32-49(39-56(51)59)60(47-26-9-3-10-27-47)50-33-35-53-52-30-15-16-31-57(52)61(58(53)40-50)48-28-11-4-12-29-48/h1-40H. The molecule has 0 radical (unpaired) electrons. The quantitative estimate of drug-likeness (QED) is 0.156. The third kappa shape index (κ3) is 5.50. The van der Waals surface area contributed by atoms with Crippen molar-refractivity contribution in [3.63, 3.8) is 0 Å². The van der Waals surface area contributed by atoms with Crippen molar-refractivity contribution < 1.29 is 0 Å². The van der Waals surface area contributed by atoms with Crippen LogP contribution in [-0.4, -0.2) is 4.57 Å². The Balaban J connectivity index is 1.15. The molecular formula is C59H40N2. The largest absolute Gasteiger partial charge is 0.310 e. The number of aromatic nitrogens is 1. The lowest BCUT2D eigenvalue weighted by atomic mass is 9.67. The minimum absolute atomic E-state index is 0.608. The third-order valence-electron chi connectivity index (χ3n) is 12.8. The predicted molar refractivity (Wildman–Crippen MR) is 256 cm³/mol. The van der Waals surface area contributed by atoms with Crippen LogP contribution in [-0.2, 0) is 5.41 Å². The van der Waals surface area contributed by atoms with E-state index >= 15 is 0 Å². The molecule has 1 aromatic heterocycles. The first kappa shape index (κ1) is 35.0. The third-order valence-corrected chi connectivity index (χ3v) is 12.8. The lowest BCUT2D eigenvalue weighted by Gasteiger charge is -2.35. The van der Waals surface area contributed by atoms with Gasteiger partial charge in [0.15, 0.2) is 0 Å². The first-order valence-corrected chi connectivity index (χ1v) is 21.1. The summed E-state index contributed by atoms with van der Waals surface area (Å²) < 4.78 is 2.40. The smallest absolute Gasteiger partial charge is 0.0714 e. The molecule has 0 fully saturated rings. The van der Waals surface area contributed by atoms with Gasteiger partial charge in [-0.2, -0.15) is 0 Å². The summed E-state index contributed by atoms with van der Waals surface area (Å²) in [4.78, 5) is 2.43. The van der Waals surface area contributed by atoms with Crippen molar-refractivity contribution >= 4 is 49.6 Å². The van der Waals surface area contributed by atoms with Crippen molar-refractivity contribution in [3.05, 3.63) is 265 Å². The molecule has 2 heteroatoms. The number of hydrogen-bond acceptors (Lipinski definition) is 1. The van der Waals surface area contributed by atoms with Crippen LogP contribution in [0.15, 0.2) is 243 Å². The van der Waals surface area contributed by atoms with Crippen LogP contribution in [0.1, 0.15) is 22.3 Å². The number of hydrogen-bond donors (Lipinski definition) is 0. The zero-order valence-corrected chi connectivity index (χ0v) is 33.5. The molecule has 61 heavy (non-hydrogen) atoms. The second-order valence-electron chi connectivity index (χ2n) is 16.1. The molecular weight excluding hydrogens is 737 g/mol. The van der Waals surface area contributed by atoms with Crippen molar-refractivity contribution in [2.75, 3.05) is 4.90 Å². The van der Waals surface area contributed by atoms with Gasteiger partial charge in [-0.3, -0.25) is 0 Å². The molecule has 286 valence electrons. The molecule has 1 unspecified atom stereocenters. The van der Waals surface area contributed by atoms with Crippen molar-refractivity contribution in [2.45, 2.75) is 5.41 Å². The van der Waals surface area contributed by atoms with Crippen LogP contribution < -0.4 is 4.90 Å². The Hall–Kier alpha value is -7.94. The summed E-state index contributed by atoms with van der Waals surface area (Å²) in [7, 11) is 0. The molecule has 0 amide bonds. The highest BCUT2D eigenvalue weighted by atomic mass is 15.1. The topological polar surface area (TPSA) is 8.17 Å². The second-order valence-corrected chi connectivity index (χ2v) is 16.1. The van der Waals surface area contributed by atoms with E-state index in [1.54, 1.807) is 0 Å². The van der Waals surface area contributed by atoms with Crippen LogP contribution in [0.2, 0.25) is 0 Å². The first-order chi connectivity index (χ1) is 30.3. The molecule has 11 aromatic rings. The van der Waals surface area contributed by atoms with Crippen molar-refractivity contribution in [2.24, 2.45) is 0 Å². The Morgan fingerprint density at radius 3 is 1.69 bits per heavy atom. The molecule has 0 saturated carbocycles. The Kier molecular flexibility index (Phi) is 8.11. The van der Waals surface area contributed by atoms with E-state index in [9.17, 15) is 0 Å². The number of para-hydroxylation sites is 3. The van der Waals surface area contributed by atoms with Gasteiger partial charge >= 0.3 is 0 Å². The summed E-state index contributed by atoms with van der Waals surface area (Å²) in [5.74, 6) is 0. The summed E-state index contributed by atoms with van der Waals surface area (Å²) in [5.41, 5.74) is 16.2. The van der Waals surface area contributed by atoms with Crippen LogP contribution in [0.25, 0.3) is 60.5 Å². The molecule has 1 aliphatic rings. The van der Waals surface area contributed by atoms with E-state index in [0.29, 0.717) is 0 Å². The number of rotatable bonds is 7. The Morgan fingerprint density at radius 1 is 0.328 bits per heavy atom. The first-order valence-electron chi connectivity index (χ1n) is 21.1. The summed E-state index contributed by atoms with van der Waals surface area (Å²) >= 11 is 0. The molecule has 1 heterocycles. The maximum Gasteiger partial charge on any atom is 0.0714 e. The lowest BCUT2D eigenvalue weighted by Crippen LogP contribution is -2.29. The number of nitrogens with zero attached hydrogens (tertiary/aromatic N) is 2. The molecule has 1 aliphatic carbocycles. The Labute approximate surface area is 355 Å². The van der Waals surface area contributed by atoms with E-state index in [0.717, 1.165) is 22.7 Å². The molecule has 2 nitrogen and oxygen atoms in total. The minimum Gasteiger partial charge on any atom is -0.310 e. The molecule has 0 bridgehead atoms. The predicted octanol–water partition coefficient (Wildman–Crippen LogP) is 15.4. The zero-order valence-electron chi connectivity index (χ0n) is 33.5. The van der Waals surface area contributed by atoms with E-state index in [1.165, 1.54) is 77.1 Å². The molecule has 0 aliphatic heterocycles.